The second kappa shape index (κ2) is 6.42. The van der Waals surface area contributed by atoms with E-state index < -0.39 is 17.2 Å². The first-order valence-electron chi connectivity index (χ1n) is 10.1. The van der Waals surface area contributed by atoms with Crippen molar-refractivity contribution in [1.82, 2.24) is 0 Å². The summed E-state index contributed by atoms with van der Waals surface area (Å²) in [6.07, 6.45) is 2.75. The van der Waals surface area contributed by atoms with Gasteiger partial charge in [0.2, 0.25) is 0 Å². The van der Waals surface area contributed by atoms with Gasteiger partial charge < -0.3 is 14.7 Å². The predicted molar refractivity (Wildman–Crippen MR) is 102 cm³/mol. The normalized spacial score (nSPS) is 37.8. The molecule has 0 radical (unpaired) electrons. The molecule has 27 heavy (non-hydrogen) atoms. The van der Waals surface area contributed by atoms with E-state index in [0.29, 0.717) is 13.0 Å². The van der Waals surface area contributed by atoms with Gasteiger partial charge in [0.15, 0.2) is 17.8 Å². The molecule has 1 aromatic carbocycles. The number of aliphatic hydroxyl groups is 1. The SMILES string of the molecule is CCCCC1C(=O)C(C)(CN2c3ccccc3C3(O)CCOC23)C(=O)C1C. The van der Waals surface area contributed by atoms with Crippen LogP contribution in [0, 0.1) is 17.3 Å². The Hall–Kier alpha value is -1.72. The van der Waals surface area contributed by atoms with E-state index in [0.717, 1.165) is 30.5 Å². The number of anilines is 1. The predicted octanol–water partition coefficient (Wildman–Crippen LogP) is 3.04. The van der Waals surface area contributed by atoms with Crippen molar-refractivity contribution < 1.29 is 19.4 Å². The molecule has 5 atom stereocenters. The Bertz CT molecular complexity index is 777. The summed E-state index contributed by atoms with van der Waals surface area (Å²) in [5.41, 5.74) is -0.409. The zero-order chi connectivity index (χ0) is 19.4. The van der Waals surface area contributed by atoms with Crippen molar-refractivity contribution >= 4 is 17.3 Å². The maximum atomic E-state index is 13.3. The molecule has 1 saturated heterocycles. The first-order chi connectivity index (χ1) is 12.8. The van der Waals surface area contributed by atoms with Crippen LogP contribution in [0.1, 0.15) is 52.0 Å². The Morgan fingerprint density at radius 3 is 2.74 bits per heavy atom. The van der Waals surface area contributed by atoms with Gasteiger partial charge in [0, 0.05) is 36.1 Å². The molecule has 5 nitrogen and oxygen atoms in total. The van der Waals surface area contributed by atoms with Gasteiger partial charge in [-0.25, -0.2) is 0 Å². The van der Waals surface area contributed by atoms with Gasteiger partial charge in [-0.2, -0.15) is 0 Å². The fourth-order valence-corrected chi connectivity index (χ4v) is 5.33. The second-order valence-corrected chi connectivity index (χ2v) is 8.64. The molecule has 0 bridgehead atoms. The number of para-hydroxylation sites is 1. The van der Waals surface area contributed by atoms with Crippen LogP contribution in [-0.2, 0) is 19.9 Å². The maximum absolute atomic E-state index is 13.3. The summed E-state index contributed by atoms with van der Waals surface area (Å²) >= 11 is 0. The van der Waals surface area contributed by atoms with E-state index >= 15 is 0 Å². The molecule has 146 valence electrons. The van der Waals surface area contributed by atoms with E-state index in [-0.39, 0.29) is 29.9 Å². The number of ether oxygens (including phenoxy) is 1. The van der Waals surface area contributed by atoms with Crippen molar-refractivity contribution in [3.8, 4) is 0 Å². The molecule has 5 heteroatoms. The molecule has 4 rings (SSSR count). The number of rotatable bonds is 5. The molecular weight excluding hydrogens is 342 g/mol. The Morgan fingerprint density at radius 1 is 1.26 bits per heavy atom. The van der Waals surface area contributed by atoms with Crippen LogP contribution in [-0.4, -0.2) is 36.1 Å². The third-order valence-corrected chi connectivity index (χ3v) is 6.93. The van der Waals surface area contributed by atoms with Gasteiger partial charge in [0.25, 0.3) is 0 Å². The van der Waals surface area contributed by atoms with Gasteiger partial charge in [-0.3, -0.25) is 9.59 Å². The summed E-state index contributed by atoms with van der Waals surface area (Å²) in [4.78, 5) is 28.4. The molecular formula is C22H29NO4. The lowest BCUT2D eigenvalue weighted by Crippen LogP contribution is -2.49. The molecule has 0 spiro atoms. The first-order valence-corrected chi connectivity index (χ1v) is 10.1. The third kappa shape index (κ3) is 2.51. The van der Waals surface area contributed by atoms with Gasteiger partial charge in [0.05, 0.1) is 6.61 Å². The number of hydrogen-bond donors (Lipinski definition) is 1. The second-order valence-electron chi connectivity index (χ2n) is 8.64. The van der Waals surface area contributed by atoms with Crippen LogP contribution in [0.3, 0.4) is 0 Å². The van der Waals surface area contributed by atoms with Crippen molar-refractivity contribution in [3.63, 3.8) is 0 Å². The lowest BCUT2D eigenvalue weighted by atomic mass is 9.84. The number of nitrogens with zero attached hydrogens (tertiary/aromatic N) is 1. The summed E-state index contributed by atoms with van der Waals surface area (Å²) in [5.74, 6) is -0.349. The van der Waals surface area contributed by atoms with E-state index in [9.17, 15) is 14.7 Å². The van der Waals surface area contributed by atoms with E-state index in [1.807, 2.05) is 36.1 Å². The van der Waals surface area contributed by atoms with Gasteiger partial charge in [-0.15, -0.1) is 0 Å². The molecule has 1 N–H and O–H groups in total. The molecule has 1 saturated carbocycles. The van der Waals surface area contributed by atoms with Gasteiger partial charge in [-0.1, -0.05) is 44.9 Å². The molecule has 2 aliphatic heterocycles. The fourth-order valence-electron chi connectivity index (χ4n) is 5.33. The Balaban J connectivity index is 1.67. The fraction of sp³-hybridized carbons (Fsp3) is 0.636. The van der Waals surface area contributed by atoms with Crippen molar-refractivity contribution in [3.05, 3.63) is 29.8 Å². The van der Waals surface area contributed by atoms with Crippen LogP contribution in [0.2, 0.25) is 0 Å². The summed E-state index contributed by atoms with van der Waals surface area (Å²) in [6.45, 7) is 6.52. The zero-order valence-electron chi connectivity index (χ0n) is 16.4. The smallest absolute Gasteiger partial charge is 0.163 e. The van der Waals surface area contributed by atoms with Gasteiger partial charge >= 0.3 is 0 Å². The number of carbonyl (C=O) groups excluding carboxylic acids is 2. The molecule has 5 unspecified atom stereocenters. The minimum absolute atomic E-state index is 0.0273. The van der Waals surface area contributed by atoms with E-state index in [1.54, 1.807) is 6.92 Å². The third-order valence-electron chi connectivity index (χ3n) is 6.93. The van der Waals surface area contributed by atoms with Gasteiger partial charge in [0.1, 0.15) is 11.0 Å². The van der Waals surface area contributed by atoms with E-state index in [4.69, 9.17) is 4.74 Å². The molecule has 2 fully saturated rings. The number of benzene rings is 1. The number of hydrogen-bond acceptors (Lipinski definition) is 5. The highest BCUT2D eigenvalue weighted by molar-refractivity contribution is 6.15. The monoisotopic (exact) mass is 371 g/mol. The number of Topliss-reactive ketones (excluding diaryl/α,β-unsaturated/α-hetero) is 2. The molecule has 3 aliphatic rings. The first kappa shape index (κ1) is 18.6. The van der Waals surface area contributed by atoms with Crippen molar-refractivity contribution in [2.24, 2.45) is 17.3 Å². The topological polar surface area (TPSA) is 66.8 Å². The average Bonchev–Trinajstić information content (AvgIpc) is 3.20. The van der Waals surface area contributed by atoms with Crippen LogP contribution >= 0.6 is 0 Å². The molecule has 1 aliphatic carbocycles. The lowest BCUT2D eigenvalue weighted by Gasteiger charge is -2.34. The molecule has 0 amide bonds. The number of ketones is 2. The highest BCUT2D eigenvalue weighted by atomic mass is 16.5. The van der Waals surface area contributed by atoms with E-state index in [1.165, 1.54) is 0 Å². The number of fused-ring (bicyclic) bond motifs is 3. The highest BCUT2D eigenvalue weighted by Crippen LogP contribution is 2.51. The Morgan fingerprint density at radius 2 is 2.00 bits per heavy atom. The summed E-state index contributed by atoms with van der Waals surface area (Å²) in [6, 6.07) is 7.69. The molecule has 1 aromatic rings. The molecule has 2 heterocycles. The highest BCUT2D eigenvalue weighted by Gasteiger charge is 2.60. The minimum atomic E-state index is -1.06. The average molecular weight is 371 g/mol. The van der Waals surface area contributed by atoms with Crippen LogP contribution in [0.25, 0.3) is 0 Å². The number of carbonyl (C=O) groups is 2. The minimum Gasteiger partial charge on any atom is -0.380 e. The van der Waals surface area contributed by atoms with Crippen LogP contribution in [0.5, 0.6) is 0 Å². The number of unbranched alkanes of at least 4 members (excludes halogenated alkanes) is 1. The summed E-state index contributed by atoms with van der Waals surface area (Å²) in [5, 5.41) is 11.2. The molecule has 0 aromatic heterocycles. The Kier molecular flexibility index (Phi) is 4.43. The van der Waals surface area contributed by atoms with Crippen LogP contribution < -0.4 is 4.90 Å². The van der Waals surface area contributed by atoms with Crippen molar-refractivity contribution in [2.45, 2.75) is 58.3 Å². The van der Waals surface area contributed by atoms with Gasteiger partial charge in [-0.05, 0) is 19.4 Å². The maximum Gasteiger partial charge on any atom is 0.163 e. The summed E-state index contributed by atoms with van der Waals surface area (Å²) in [7, 11) is 0. The quantitative estimate of drug-likeness (QED) is 0.806. The zero-order valence-corrected chi connectivity index (χ0v) is 16.4. The standard InChI is InChI=1S/C22H29NO4/c1-4-5-8-15-14(2)18(24)21(3,19(15)25)13-23-17-10-7-6-9-16(17)22(26)11-12-27-20(22)23/h6-7,9-10,14-15,20,26H,4-5,8,11-13H2,1-3H3. The Labute approximate surface area is 160 Å². The lowest BCUT2D eigenvalue weighted by molar-refractivity contribution is -0.135. The van der Waals surface area contributed by atoms with Crippen molar-refractivity contribution in [1.29, 1.82) is 0 Å². The van der Waals surface area contributed by atoms with E-state index in [2.05, 4.69) is 6.92 Å². The summed E-state index contributed by atoms with van der Waals surface area (Å²) < 4.78 is 5.87. The van der Waals surface area contributed by atoms with Crippen LogP contribution in [0.4, 0.5) is 5.69 Å². The largest absolute Gasteiger partial charge is 0.380 e. The van der Waals surface area contributed by atoms with Crippen molar-refractivity contribution in [2.75, 3.05) is 18.1 Å². The van der Waals surface area contributed by atoms with Crippen LogP contribution in [0.15, 0.2) is 24.3 Å².